The highest BCUT2D eigenvalue weighted by Crippen LogP contribution is 2.35. The predicted octanol–water partition coefficient (Wildman–Crippen LogP) is 2.57. The lowest BCUT2D eigenvalue weighted by Gasteiger charge is -2.56. The van der Waals surface area contributed by atoms with Gasteiger partial charge >= 0.3 is 0 Å². The van der Waals surface area contributed by atoms with Crippen molar-refractivity contribution in [3.63, 3.8) is 0 Å². The van der Waals surface area contributed by atoms with Crippen molar-refractivity contribution < 1.29 is 4.92 Å². The molecule has 3 aliphatic heterocycles. The van der Waals surface area contributed by atoms with Gasteiger partial charge in [0.2, 0.25) is 0 Å². The first-order chi connectivity index (χ1) is 12.1. The monoisotopic (exact) mass is 357 g/mol. The molecule has 1 aromatic carbocycles. The minimum absolute atomic E-state index is 0.145. The summed E-state index contributed by atoms with van der Waals surface area (Å²) in [7, 11) is 0. The van der Waals surface area contributed by atoms with Crippen LogP contribution >= 0.6 is 11.8 Å². The summed E-state index contributed by atoms with van der Waals surface area (Å²) in [5.41, 5.74) is 1.27. The molecular formula is C17H19N5O2S. The maximum atomic E-state index is 10.8. The minimum Gasteiger partial charge on any atom is -0.353 e. The zero-order chi connectivity index (χ0) is 17.4. The second-order valence-electron chi connectivity index (χ2n) is 6.45. The topological polar surface area (TPSA) is 75.4 Å². The molecule has 0 amide bonds. The molecule has 0 aliphatic carbocycles. The van der Waals surface area contributed by atoms with Crippen molar-refractivity contribution in [2.24, 2.45) is 0 Å². The van der Waals surface area contributed by atoms with Gasteiger partial charge in [-0.1, -0.05) is 23.9 Å². The number of thioether (sulfide) groups is 1. The lowest BCUT2D eigenvalue weighted by atomic mass is 9.87. The van der Waals surface area contributed by atoms with Crippen molar-refractivity contribution in [3.8, 4) is 0 Å². The fourth-order valence-corrected chi connectivity index (χ4v) is 4.02. The Balaban J connectivity index is 1.40. The number of rotatable bonds is 5. The second-order valence-corrected chi connectivity index (χ2v) is 7.22. The molecule has 3 aliphatic rings. The number of nitro benzene ring substituents is 1. The molecule has 2 aromatic rings. The Morgan fingerprint density at radius 3 is 2.60 bits per heavy atom. The summed E-state index contributed by atoms with van der Waals surface area (Å²) >= 11 is 1.56. The number of non-ortho nitro benzene ring substituents is 1. The number of piperidine rings is 1. The van der Waals surface area contributed by atoms with Crippen molar-refractivity contribution in [2.45, 2.75) is 30.2 Å². The smallest absolute Gasteiger partial charge is 0.269 e. The Bertz CT molecular complexity index is 773. The highest BCUT2D eigenvalue weighted by atomic mass is 32.2. The maximum absolute atomic E-state index is 10.8. The summed E-state index contributed by atoms with van der Waals surface area (Å²) in [5, 5.41) is 11.6. The summed E-state index contributed by atoms with van der Waals surface area (Å²) in [6, 6.07) is 9.90. The van der Waals surface area contributed by atoms with E-state index in [2.05, 4.69) is 19.8 Å². The quantitative estimate of drug-likeness (QED) is 0.352. The first-order valence-electron chi connectivity index (χ1n) is 8.25. The van der Waals surface area contributed by atoms with Crippen molar-refractivity contribution >= 4 is 23.3 Å². The van der Waals surface area contributed by atoms with Gasteiger partial charge in [0, 0.05) is 50.0 Å². The van der Waals surface area contributed by atoms with E-state index in [0.717, 1.165) is 36.2 Å². The van der Waals surface area contributed by atoms with Crippen molar-refractivity contribution in [2.75, 3.05) is 24.2 Å². The zero-order valence-corrected chi connectivity index (χ0v) is 14.7. The molecule has 0 saturated carbocycles. The van der Waals surface area contributed by atoms with E-state index in [4.69, 9.17) is 0 Å². The number of aromatic nitrogens is 2. The number of nitrogens with zero attached hydrogens (tertiary/aromatic N) is 5. The average Bonchev–Trinajstić information content (AvgIpc) is 2.66. The van der Waals surface area contributed by atoms with Gasteiger partial charge in [-0.05, 0) is 24.3 Å². The van der Waals surface area contributed by atoms with Crippen LogP contribution in [-0.4, -0.2) is 51.2 Å². The largest absolute Gasteiger partial charge is 0.353 e. The molecule has 130 valence electrons. The van der Waals surface area contributed by atoms with E-state index in [-0.39, 0.29) is 10.6 Å². The van der Waals surface area contributed by atoms with Crippen LogP contribution in [0, 0.1) is 10.1 Å². The Morgan fingerprint density at radius 2 is 1.96 bits per heavy atom. The normalized spacial score (nSPS) is 22.5. The van der Waals surface area contributed by atoms with E-state index < -0.39 is 0 Å². The first-order valence-corrected chi connectivity index (χ1v) is 9.47. The van der Waals surface area contributed by atoms with Crippen LogP contribution in [-0.2, 0) is 6.54 Å². The molecule has 1 aromatic heterocycles. The third-order valence-corrected chi connectivity index (χ3v) is 5.54. The number of hydrogen-bond donors (Lipinski definition) is 0. The molecule has 4 heterocycles. The van der Waals surface area contributed by atoms with E-state index in [1.165, 1.54) is 6.42 Å². The molecule has 0 radical (unpaired) electrons. The van der Waals surface area contributed by atoms with E-state index in [9.17, 15) is 10.1 Å². The summed E-state index contributed by atoms with van der Waals surface area (Å²) in [6.45, 7) is 2.78. The molecule has 25 heavy (non-hydrogen) atoms. The lowest BCUT2D eigenvalue weighted by molar-refractivity contribution is -0.384. The van der Waals surface area contributed by atoms with Crippen LogP contribution < -0.4 is 4.90 Å². The number of anilines is 1. The SMILES string of the molecule is CSc1nccc(N2CC3CC(C2)N3Cc2ccc([N+](=O)[O-])cc2)n1. The molecule has 2 bridgehead atoms. The van der Waals surface area contributed by atoms with Crippen LogP contribution in [0.4, 0.5) is 11.5 Å². The third kappa shape index (κ3) is 3.19. The zero-order valence-electron chi connectivity index (χ0n) is 13.9. The molecule has 0 N–H and O–H groups in total. The Morgan fingerprint density at radius 1 is 1.24 bits per heavy atom. The highest BCUT2D eigenvalue weighted by Gasteiger charge is 2.44. The van der Waals surface area contributed by atoms with Gasteiger partial charge in [0.05, 0.1) is 4.92 Å². The van der Waals surface area contributed by atoms with Crippen molar-refractivity contribution in [3.05, 3.63) is 52.2 Å². The number of piperazine rings is 1. The fourth-order valence-electron chi connectivity index (χ4n) is 3.67. The van der Waals surface area contributed by atoms with Gasteiger partial charge in [-0.2, -0.15) is 0 Å². The molecule has 2 unspecified atom stereocenters. The van der Waals surface area contributed by atoms with E-state index in [1.807, 2.05) is 30.7 Å². The summed E-state index contributed by atoms with van der Waals surface area (Å²) < 4.78 is 0. The van der Waals surface area contributed by atoms with Crippen LogP contribution in [0.2, 0.25) is 0 Å². The van der Waals surface area contributed by atoms with Crippen LogP contribution in [0.1, 0.15) is 12.0 Å². The van der Waals surface area contributed by atoms with Gasteiger partial charge in [-0.25, -0.2) is 9.97 Å². The van der Waals surface area contributed by atoms with Crippen molar-refractivity contribution in [1.82, 2.24) is 14.9 Å². The second kappa shape index (κ2) is 6.61. The van der Waals surface area contributed by atoms with Crippen LogP contribution in [0.25, 0.3) is 0 Å². The number of fused-ring (bicyclic) bond motifs is 2. The van der Waals surface area contributed by atoms with Crippen LogP contribution in [0.15, 0.2) is 41.7 Å². The Hall–Kier alpha value is -2.19. The average molecular weight is 357 g/mol. The summed E-state index contributed by atoms with van der Waals surface area (Å²) in [5.74, 6) is 1.00. The third-order valence-electron chi connectivity index (χ3n) is 4.98. The highest BCUT2D eigenvalue weighted by molar-refractivity contribution is 7.98. The van der Waals surface area contributed by atoms with Gasteiger partial charge < -0.3 is 4.90 Å². The van der Waals surface area contributed by atoms with Gasteiger partial charge in [0.25, 0.3) is 5.69 Å². The standard InChI is InChI=1S/C17H19N5O2S/c1-25-17-18-7-6-16(19-17)20-10-14-8-15(11-20)21(14)9-12-2-4-13(5-3-12)22(23)24/h2-7,14-15H,8-11H2,1H3. The number of benzene rings is 1. The molecule has 7 nitrogen and oxygen atoms in total. The van der Waals surface area contributed by atoms with E-state index in [1.54, 1.807) is 23.9 Å². The van der Waals surface area contributed by atoms with Gasteiger partial charge in [0.15, 0.2) is 5.16 Å². The molecule has 3 fully saturated rings. The van der Waals surface area contributed by atoms with E-state index in [0.29, 0.717) is 12.1 Å². The van der Waals surface area contributed by atoms with Crippen LogP contribution in [0.3, 0.4) is 0 Å². The summed E-state index contributed by atoms with van der Waals surface area (Å²) in [6.07, 6.45) is 5.02. The van der Waals surface area contributed by atoms with Gasteiger partial charge in [-0.15, -0.1) is 0 Å². The Labute approximate surface area is 150 Å². The molecule has 2 atom stereocenters. The number of hydrogen-bond acceptors (Lipinski definition) is 7. The summed E-state index contributed by atoms with van der Waals surface area (Å²) in [4.78, 5) is 24.1. The molecule has 5 rings (SSSR count). The van der Waals surface area contributed by atoms with Crippen LogP contribution in [0.5, 0.6) is 0 Å². The predicted molar refractivity (Wildman–Crippen MR) is 96.9 cm³/mol. The van der Waals surface area contributed by atoms with Gasteiger partial charge in [0.1, 0.15) is 5.82 Å². The van der Waals surface area contributed by atoms with Crippen molar-refractivity contribution in [1.29, 1.82) is 0 Å². The van der Waals surface area contributed by atoms with E-state index >= 15 is 0 Å². The molecule has 0 spiro atoms. The molecule has 8 heteroatoms. The Kier molecular flexibility index (Phi) is 4.30. The minimum atomic E-state index is -0.357. The maximum Gasteiger partial charge on any atom is 0.269 e. The first kappa shape index (κ1) is 16.3. The number of nitro groups is 1. The molecular weight excluding hydrogens is 338 g/mol. The fraction of sp³-hybridized carbons (Fsp3) is 0.412. The van der Waals surface area contributed by atoms with Gasteiger partial charge in [-0.3, -0.25) is 15.0 Å². The molecule has 3 saturated heterocycles. The lowest BCUT2D eigenvalue weighted by Crippen LogP contribution is -2.68.